The number of anilines is 1. The van der Waals surface area contributed by atoms with Crippen LogP contribution in [-0.4, -0.2) is 24.7 Å². The molecule has 0 atom stereocenters. The van der Waals surface area contributed by atoms with Crippen LogP contribution in [0.25, 0.3) is 0 Å². The largest absolute Gasteiger partial charge is 0.399 e. The zero-order valence-electron chi connectivity index (χ0n) is 11.7. The molecule has 0 amide bonds. The molecule has 1 aromatic carbocycles. The number of hydrogen-bond donors (Lipinski definition) is 3. The molecule has 0 radical (unpaired) electrons. The molecular formula is C12H18F2N2O3S. The highest BCUT2D eigenvalue weighted by Crippen LogP contribution is 2.26. The second-order valence-electron chi connectivity index (χ2n) is 5.60. The van der Waals surface area contributed by atoms with Crippen LogP contribution in [0.3, 0.4) is 0 Å². The molecule has 0 aliphatic rings. The highest BCUT2D eigenvalue weighted by atomic mass is 32.2. The van der Waals surface area contributed by atoms with E-state index in [4.69, 9.17) is 5.73 Å². The third kappa shape index (κ3) is 3.25. The Bertz CT molecular complexity index is 622. The topological polar surface area (TPSA) is 92.4 Å². The number of rotatable bonds is 4. The molecule has 20 heavy (non-hydrogen) atoms. The SMILES string of the molecule is CC(C)(O)C(C)(C)NS(=O)(=O)c1cc(N)cc(F)c1F. The summed E-state index contributed by atoms with van der Waals surface area (Å²) in [6.07, 6.45) is 0. The quantitative estimate of drug-likeness (QED) is 0.733. The minimum absolute atomic E-state index is 0.217. The minimum Gasteiger partial charge on any atom is -0.399 e. The summed E-state index contributed by atoms with van der Waals surface area (Å²) in [5, 5.41) is 9.91. The Morgan fingerprint density at radius 2 is 1.70 bits per heavy atom. The Morgan fingerprint density at radius 3 is 2.15 bits per heavy atom. The molecule has 0 aromatic heterocycles. The van der Waals surface area contributed by atoms with E-state index in [-0.39, 0.29) is 5.69 Å². The van der Waals surface area contributed by atoms with Crippen molar-refractivity contribution in [3.05, 3.63) is 23.8 Å². The third-order valence-corrected chi connectivity index (χ3v) is 4.88. The lowest BCUT2D eigenvalue weighted by atomic mass is 9.87. The van der Waals surface area contributed by atoms with Gasteiger partial charge in [0.25, 0.3) is 0 Å². The first kappa shape index (κ1) is 16.8. The molecule has 8 heteroatoms. The monoisotopic (exact) mass is 308 g/mol. The Balaban J connectivity index is 3.33. The van der Waals surface area contributed by atoms with Crippen LogP contribution in [0.5, 0.6) is 0 Å². The van der Waals surface area contributed by atoms with Crippen LogP contribution < -0.4 is 10.5 Å². The van der Waals surface area contributed by atoms with Crippen molar-refractivity contribution in [2.75, 3.05) is 5.73 Å². The van der Waals surface area contributed by atoms with E-state index in [2.05, 4.69) is 4.72 Å². The second kappa shape index (κ2) is 4.94. The van der Waals surface area contributed by atoms with Crippen LogP contribution in [0.15, 0.2) is 17.0 Å². The first-order valence-corrected chi connectivity index (χ1v) is 7.27. The summed E-state index contributed by atoms with van der Waals surface area (Å²) >= 11 is 0. The molecule has 0 unspecified atom stereocenters. The van der Waals surface area contributed by atoms with Gasteiger partial charge < -0.3 is 10.8 Å². The highest BCUT2D eigenvalue weighted by Gasteiger charge is 2.39. The smallest absolute Gasteiger partial charge is 0.244 e. The third-order valence-electron chi connectivity index (χ3n) is 3.23. The van der Waals surface area contributed by atoms with Gasteiger partial charge in [0.15, 0.2) is 11.6 Å². The van der Waals surface area contributed by atoms with Gasteiger partial charge in [-0.05, 0) is 39.8 Å². The maximum absolute atomic E-state index is 13.6. The number of aliphatic hydroxyl groups is 1. The van der Waals surface area contributed by atoms with Crippen LogP contribution in [0.2, 0.25) is 0 Å². The first-order valence-electron chi connectivity index (χ1n) is 5.79. The molecule has 0 aliphatic heterocycles. The van der Waals surface area contributed by atoms with Crippen molar-refractivity contribution < 1.29 is 22.3 Å². The number of benzene rings is 1. The minimum atomic E-state index is -4.38. The van der Waals surface area contributed by atoms with Gasteiger partial charge in [0.1, 0.15) is 4.90 Å². The predicted molar refractivity (Wildman–Crippen MR) is 71.5 cm³/mol. The summed E-state index contributed by atoms with van der Waals surface area (Å²) in [5.74, 6) is -2.87. The van der Waals surface area contributed by atoms with Gasteiger partial charge in [0.2, 0.25) is 10.0 Å². The molecule has 0 saturated heterocycles. The fourth-order valence-corrected chi connectivity index (χ4v) is 2.95. The number of nitrogen functional groups attached to an aromatic ring is 1. The summed E-state index contributed by atoms with van der Waals surface area (Å²) in [7, 11) is -4.38. The van der Waals surface area contributed by atoms with Crippen LogP contribution >= 0.6 is 0 Å². The van der Waals surface area contributed by atoms with Crippen molar-refractivity contribution in [1.29, 1.82) is 0 Å². The number of nitrogens with two attached hydrogens (primary N) is 1. The van der Waals surface area contributed by atoms with E-state index in [1.807, 2.05) is 0 Å². The average Bonchev–Trinajstić information content (AvgIpc) is 2.19. The number of sulfonamides is 1. The zero-order valence-corrected chi connectivity index (χ0v) is 12.5. The summed E-state index contributed by atoms with van der Waals surface area (Å²) in [5.41, 5.74) is 2.38. The standard InChI is InChI=1S/C12H18F2N2O3S/c1-11(2,12(3,4)17)16-20(18,19)9-6-7(15)5-8(13)10(9)14/h5-6,16-17H,15H2,1-4H3. The van der Waals surface area contributed by atoms with E-state index in [1.165, 1.54) is 27.7 Å². The lowest BCUT2D eigenvalue weighted by Gasteiger charge is -2.37. The van der Waals surface area contributed by atoms with Crippen molar-refractivity contribution >= 4 is 15.7 Å². The van der Waals surface area contributed by atoms with Gasteiger partial charge in [-0.1, -0.05) is 0 Å². The molecule has 4 N–H and O–H groups in total. The van der Waals surface area contributed by atoms with E-state index in [1.54, 1.807) is 0 Å². The van der Waals surface area contributed by atoms with Gasteiger partial charge in [-0.3, -0.25) is 0 Å². The Kier molecular flexibility index (Phi) is 4.15. The van der Waals surface area contributed by atoms with Crippen LogP contribution in [0.4, 0.5) is 14.5 Å². The number of hydrogen-bond acceptors (Lipinski definition) is 4. The summed E-state index contributed by atoms with van der Waals surface area (Å²) in [4.78, 5) is -0.896. The Labute approximate surface area is 116 Å². The molecule has 0 fully saturated rings. The van der Waals surface area contributed by atoms with Gasteiger partial charge in [-0.2, -0.15) is 0 Å². The molecule has 5 nitrogen and oxygen atoms in total. The van der Waals surface area contributed by atoms with E-state index in [0.29, 0.717) is 6.07 Å². The maximum Gasteiger partial charge on any atom is 0.244 e. The van der Waals surface area contributed by atoms with Crippen LogP contribution in [0.1, 0.15) is 27.7 Å². The van der Waals surface area contributed by atoms with E-state index in [9.17, 15) is 22.3 Å². The highest BCUT2D eigenvalue weighted by molar-refractivity contribution is 7.89. The van der Waals surface area contributed by atoms with Gasteiger partial charge in [-0.25, -0.2) is 21.9 Å². The Hall–Kier alpha value is -1.25. The summed E-state index contributed by atoms with van der Waals surface area (Å²) in [6.45, 7) is 5.63. The second-order valence-corrected chi connectivity index (χ2v) is 7.26. The van der Waals surface area contributed by atoms with Crippen molar-refractivity contribution in [1.82, 2.24) is 4.72 Å². The fourth-order valence-electron chi connectivity index (χ4n) is 1.30. The molecule has 0 heterocycles. The molecule has 114 valence electrons. The normalized spacial score (nSPS) is 13.6. The summed E-state index contributed by atoms with van der Waals surface area (Å²) < 4.78 is 53.3. The van der Waals surface area contributed by atoms with E-state index in [0.717, 1.165) is 6.07 Å². The van der Waals surface area contributed by atoms with Crippen molar-refractivity contribution in [3.8, 4) is 0 Å². The van der Waals surface area contributed by atoms with E-state index >= 15 is 0 Å². The molecule has 0 aliphatic carbocycles. The van der Waals surface area contributed by atoms with Gasteiger partial charge in [0, 0.05) is 5.69 Å². The molecule has 1 rings (SSSR count). The molecule has 1 aromatic rings. The number of nitrogens with one attached hydrogen (secondary N) is 1. The van der Waals surface area contributed by atoms with Gasteiger partial charge in [0.05, 0.1) is 11.1 Å². The van der Waals surface area contributed by atoms with Crippen molar-refractivity contribution in [2.45, 2.75) is 43.7 Å². The maximum atomic E-state index is 13.6. The lowest BCUT2D eigenvalue weighted by Crippen LogP contribution is -2.57. The molecule has 0 bridgehead atoms. The van der Waals surface area contributed by atoms with E-state index < -0.39 is 37.7 Å². The van der Waals surface area contributed by atoms with Gasteiger partial charge >= 0.3 is 0 Å². The average molecular weight is 308 g/mol. The zero-order chi connectivity index (χ0) is 15.9. The number of halogens is 2. The first-order chi connectivity index (χ1) is 8.78. The molecule has 0 spiro atoms. The summed E-state index contributed by atoms with van der Waals surface area (Å²) in [6, 6.07) is 1.51. The van der Waals surface area contributed by atoms with Crippen LogP contribution in [0, 0.1) is 11.6 Å². The van der Waals surface area contributed by atoms with Crippen molar-refractivity contribution in [3.63, 3.8) is 0 Å². The van der Waals surface area contributed by atoms with Crippen LogP contribution in [-0.2, 0) is 10.0 Å². The fraction of sp³-hybridized carbons (Fsp3) is 0.500. The Morgan fingerprint density at radius 1 is 1.20 bits per heavy atom. The molecular weight excluding hydrogens is 290 g/mol. The molecule has 0 saturated carbocycles. The van der Waals surface area contributed by atoms with Crippen molar-refractivity contribution in [2.24, 2.45) is 0 Å². The van der Waals surface area contributed by atoms with Gasteiger partial charge in [-0.15, -0.1) is 0 Å². The lowest BCUT2D eigenvalue weighted by molar-refractivity contribution is 0.00636. The predicted octanol–water partition coefficient (Wildman–Crippen LogP) is 1.37.